The summed E-state index contributed by atoms with van der Waals surface area (Å²) in [5.41, 5.74) is 3.25. The summed E-state index contributed by atoms with van der Waals surface area (Å²) in [6.45, 7) is 8.41. The van der Waals surface area contributed by atoms with Crippen LogP contribution in [0.5, 0.6) is 0 Å². The van der Waals surface area contributed by atoms with Crippen LogP contribution >= 0.6 is 23.1 Å². The van der Waals surface area contributed by atoms with Crippen molar-refractivity contribution < 1.29 is 4.79 Å². The van der Waals surface area contributed by atoms with Crippen molar-refractivity contribution in [2.24, 2.45) is 0 Å². The Morgan fingerprint density at radius 2 is 2.11 bits per heavy atom. The highest BCUT2D eigenvalue weighted by Gasteiger charge is 2.12. The molecule has 0 radical (unpaired) electrons. The number of nitrogens with one attached hydrogen (secondary N) is 1. The zero-order valence-electron chi connectivity index (χ0n) is 16.0. The number of allylic oxidation sites excluding steroid dienone is 1. The third-order valence-electron chi connectivity index (χ3n) is 4.08. The molecule has 0 fully saturated rings. The lowest BCUT2D eigenvalue weighted by Crippen LogP contribution is -2.14. The van der Waals surface area contributed by atoms with Crippen molar-refractivity contribution in [3.63, 3.8) is 0 Å². The fourth-order valence-corrected chi connectivity index (χ4v) is 4.22. The second kappa shape index (κ2) is 9.66. The van der Waals surface area contributed by atoms with Gasteiger partial charge in [-0.15, -0.1) is 28.1 Å². The molecule has 0 bridgehead atoms. The number of anilines is 1. The van der Waals surface area contributed by atoms with E-state index in [1.54, 1.807) is 6.08 Å². The summed E-state index contributed by atoms with van der Waals surface area (Å²) in [5.74, 6) is 0.933. The van der Waals surface area contributed by atoms with Gasteiger partial charge in [0.15, 0.2) is 10.3 Å². The summed E-state index contributed by atoms with van der Waals surface area (Å²) >= 11 is 2.78. The van der Waals surface area contributed by atoms with Crippen LogP contribution in [-0.4, -0.2) is 31.4 Å². The summed E-state index contributed by atoms with van der Waals surface area (Å²) in [7, 11) is 0. The Morgan fingerprint density at radius 3 is 2.82 bits per heavy atom. The predicted molar refractivity (Wildman–Crippen MR) is 116 cm³/mol. The summed E-state index contributed by atoms with van der Waals surface area (Å²) < 4.78 is 1.93. The average Bonchev–Trinajstić information content (AvgIpc) is 3.29. The highest BCUT2D eigenvalue weighted by molar-refractivity contribution is 7.99. The lowest BCUT2D eigenvalue weighted by atomic mass is 10.1. The number of carbonyl (C=O) groups excluding carboxylic acids is 1. The number of benzene rings is 1. The van der Waals surface area contributed by atoms with Crippen LogP contribution in [-0.2, 0) is 17.8 Å². The number of hydrogen-bond donors (Lipinski definition) is 1. The smallest absolute Gasteiger partial charge is 0.236 e. The normalized spacial score (nSPS) is 10.8. The van der Waals surface area contributed by atoms with E-state index in [-0.39, 0.29) is 11.7 Å². The number of thiazole rings is 1. The first-order valence-electron chi connectivity index (χ1n) is 9.09. The molecule has 8 heteroatoms. The number of carbonyl (C=O) groups is 1. The number of aryl methyl sites for hydroxylation is 2. The van der Waals surface area contributed by atoms with E-state index in [0.717, 1.165) is 29.9 Å². The van der Waals surface area contributed by atoms with Gasteiger partial charge in [-0.1, -0.05) is 55.4 Å². The number of hydrogen-bond acceptors (Lipinski definition) is 6. The number of aromatic nitrogens is 4. The summed E-state index contributed by atoms with van der Waals surface area (Å²) in [6, 6.07) is 8.43. The van der Waals surface area contributed by atoms with Crippen molar-refractivity contribution >= 4 is 34.1 Å². The third-order valence-corrected chi connectivity index (χ3v) is 5.81. The van der Waals surface area contributed by atoms with E-state index >= 15 is 0 Å². The highest BCUT2D eigenvalue weighted by Crippen LogP contribution is 2.26. The van der Waals surface area contributed by atoms with Gasteiger partial charge >= 0.3 is 0 Å². The summed E-state index contributed by atoms with van der Waals surface area (Å²) in [4.78, 5) is 16.8. The number of rotatable bonds is 9. The molecule has 2 aromatic heterocycles. The fourth-order valence-electron chi connectivity index (χ4n) is 2.69. The Hall–Kier alpha value is -2.45. The molecule has 0 unspecified atom stereocenters. The molecule has 0 aliphatic heterocycles. The van der Waals surface area contributed by atoms with E-state index in [1.165, 1.54) is 28.7 Å². The van der Waals surface area contributed by atoms with Crippen LogP contribution in [0, 0.1) is 6.92 Å². The molecule has 3 rings (SSSR count). The molecule has 1 aromatic carbocycles. The van der Waals surface area contributed by atoms with Crippen LogP contribution in [0.3, 0.4) is 0 Å². The maximum absolute atomic E-state index is 12.3. The van der Waals surface area contributed by atoms with Gasteiger partial charge in [-0.05, 0) is 18.9 Å². The molecule has 0 saturated carbocycles. The largest absolute Gasteiger partial charge is 0.302 e. The van der Waals surface area contributed by atoms with Crippen LogP contribution < -0.4 is 5.32 Å². The summed E-state index contributed by atoms with van der Waals surface area (Å²) in [5, 5.41) is 14.3. The van der Waals surface area contributed by atoms with Crippen LogP contribution in [0.25, 0.3) is 11.3 Å². The SMILES string of the molecule is C=CCn1c(C)nnc1SCC(=O)Nc1nc(-c2ccc(CCC)cc2)cs1. The molecular weight excluding hydrogens is 390 g/mol. The predicted octanol–water partition coefficient (Wildman–Crippen LogP) is 4.58. The number of amides is 1. The molecule has 0 saturated heterocycles. The molecule has 0 aliphatic carbocycles. The van der Waals surface area contributed by atoms with E-state index in [1.807, 2.05) is 16.9 Å². The Bertz CT molecular complexity index is 946. The monoisotopic (exact) mass is 413 g/mol. The van der Waals surface area contributed by atoms with Crippen molar-refractivity contribution in [1.82, 2.24) is 19.7 Å². The van der Waals surface area contributed by atoms with E-state index in [0.29, 0.717) is 16.8 Å². The average molecular weight is 414 g/mol. The van der Waals surface area contributed by atoms with Crippen molar-refractivity contribution in [3.05, 3.63) is 53.7 Å². The first-order valence-corrected chi connectivity index (χ1v) is 11.0. The molecule has 2 heterocycles. The Balaban J connectivity index is 1.57. The van der Waals surface area contributed by atoms with Crippen LogP contribution in [0.2, 0.25) is 0 Å². The minimum Gasteiger partial charge on any atom is -0.302 e. The standard InChI is InChI=1S/C20H23N5OS2/c1-4-6-15-7-9-16(10-8-15)17-12-27-19(21-17)22-18(26)13-28-20-24-23-14(3)25(20)11-5-2/h5,7-10,12H,2,4,6,11,13H2,1,3H3,(H,21,22,26). The lowest BCUT2D eigenvalue weighted by molar-refractivity contribution is -0.113. The van der Waals surface area contributed by atoms with Crippen molar-refractivity contribution in [2.75, 3.05) is 11.1 Å². The first kappa shape index (κ1) is 20.3. The van der Waals surface area contributed by atoms with Gasteiger partial charge in [0.25, 0.3) is 0 Å². The zero-order valence-corrected chi connectivity index (χ0v) is 17.6. The van der Waals surface area contributed by atoms with Crippen molar-refractivity contribution in [1.29, 1.82) is 0 Å². The first-order chi connectivity index (χ1) is 13.6. The van der Waals surface area contributed by atoms with Crippen LogP contribution in [0.15, 0.2) is 47.5 Å². The molecule has 3 aromatic rings. The highest BCUT2D eigenvalue weighted by atomic mass is 32.2. The van der Waals surface area contributed by atoms with Crippen molar-refractivity contribution in [3.8, 4) is 11.3 Å². The molecule has 146 valence electrons. The summed E-state index contributed by atoms with van der Waals surface area (Å²) in [6.07, 6.45) is 4.00. The van der Waals surface area contributed by atoms with Gasteiger partial charge in [-0.25, -0.2) is 4.98 Å². The molecular formula is C20H23N5OS2. The molecule has 1 amide bonds. The Kier molecular flexibility index (Phi) is 7.00. The van der Waals surface area contributed by atoms with Gasteiger partial charge in [0.2, 0.25) is 5.91 Å². The van der Waals surface area contributed by atoms with Crippen LogP contribution in [0.4, 0.5) is 5.13 Å². The Labute approximate surface area is 173 Å². The number of nitrogens with zero attached hydrogens (tertiary/aromatic N) is 4. The van der Waals surface area contributed by atoms with E-state index < -0.39 is 0 Å². The molecule has 0 aliphatic rings. The molecule has 0 atom stereocenters. The lowest BCUT2D eigenvalue weighted by Gasteiger charge is -2.05. The van der Waals surface area contributed by atoms with Crippen LogP contribution in [0.1, 0.15) is 24.7 Å². The molecule has 1 N–H and O–H groups in total. The zero-order chi connectivity index (χ0) is 19.9. The second-order valence-corrected chi connectivity index (χ2v) is 8.05. The molecule has 0 spiro atoms. The maximum atomic E-state index is 12.3. The van der Waals surface area contributed by atoms with Gasteiger partial charge < -0.3 is 9.88 Å². The molecule has 6 nitrogen and oxygen atoms in total. The van der Waals surface area contributed by atoms with E-state index in [4.69, 9.17) is 0 Å². The minimum absolute atomic E-state index is 0.116. The van der Waals surface area contributed by atoms with E-state index in [2.05, 4.69) is 58.3 Å². The maximum Gasteiger partial charge on any atom is 0.236 e. The molecule has 28 heavy (non-hydrogen) atoms. The fraction of sp³-hybridized carbons (Fsp3) is 0.300. The van der Waals surface area contributed by atoms with Gasteiger partial charge in [0.05, 0.1) is 11.4 Å². The van der Waals surface area contributed by atoms with Gasteiger partial charge in [-0.2, -0.15) is 0 Å². The van der Waals surface area contributed by atoms with Gasteiger partial charge in [-0.3, -0.25) is 4.79 Å². The van der Waals surface area contributed by atoms with Crippen molar-refractivity contribution in [2.45, 2.75) is 38.4 Å². The van der Waals surface area contributed by atoms with Gasteiger partial charge in [0.1, 0.15) is 5.82 Å². The van der Waals surface area contributed by atoms with E-state index in [9.17, 15) is 4.79 Å². The Morgan fingerprint density at radius 1 is 1.32 bits per heavy atom. The number of thioether (sulfide) groups is 1. The topological polar surface area (TPSA) is 72.7 Å². The third kappa shape index (κ3) is 5.08. The minimum atomic E-state index is -0.116. The van der Waals surface area contributed by atoms with Gasteiger partial charge in [0, 0.05) is 17.5 Å². The quantitative estimate of drug-likeness (QED) is 0.411. The second-order valence-electron chi connectivity index (χ2n) is 6.25.